The first-order valence-electron chi connectivity index (χ1n) is 13.9. The van der Waals surface area contributed by atoms with E-state index < -0.39 is 5.41 Å². The third-order valence-corrected chi connectivity index (χ3v) is 9.63. The van der Waals surface area contributed by atoms with Crippen molar-refractivity contribution in [1.29, 1.82) is 5.26 Å². The number of likely N-dealkylation sites (tertiary alicyclic amines) is 1. The summed E-state index contributed by atoms with van der Waals surface area (Å²) in [5.41, 5.74) is 3.79. The Hall–Kier alpha value is -2.42. The van der Waals surface area contributed by atoms with E-state index in [9.17, 15) is 5.26 Å². The highest BCUT2D eigenvalue weighted by Gasteiger charge is 2.53. The highest BCUT2D eigenvalue weighted by molar-refractivity contribution is 6.32. The molecule has 0 N–H and O–H groups in total. The minimum Gasteiger partial charge on any atom is -0.299 e. The molecule has 6 heteroatoms. The molecule has 1 unspecified atom stereocenters. The van der Waals surface area contributed by atoms with Crippen LogP contribution in [-0.4, -0.2) is 40.0 Å². The van der Waals surface area contributed by atoms with Crippen LogP contribution in [0.2, 0.25) is 10.0 Å². The van der Waals surface area contributed by atoms with Gasteiger partial charge in [0.05, 0.1) is 17.8 Å². The van der Waals surface area contributed by atoms with E-state index >= 15 is 0 Å². The predicted molar refractivity (Wildman–Crippen MR) is 153 cm³/mol. The lowest BCUT2D eigenvalue weighted by Gasteiger charge is -2.47. The number of benzene rings is 2. The van der Waals surface area contributed by atoms with Crippen molar-refractivity contribution in [3.05, 3.63) is 99.3 Å². The van der Waals surface area contributed by atoms with Gasteiger partial charge < -0.3 is 0 Å². The fraction of sp³-hybridized carbons (Fsp3) is 0.438. The summed E-state index contributed by atoms with van der Waals surface area (Å²) in [6, 6.07) is 23.7. The van der Waals surface area contributed by atoms with Gasteiger partial charge in [-0.15, -0.1) is 0 Å². The summed E-state index contributed by atoms with van der Waals surface area (Å²) in [7, 11) is 0. The topological polar surface area (TPSA) is 43.2 Å². The predicted octanol–water partition coefficient (Wildman–Crippen LogP) is 7.55. The second kappa shape index (κ2) is 11.0. The molecule has 3 aliphatic heterocycles. The summed E-state index contributed by atoms with van der Waals surface area (Å²) in [5, 5.41) is 12.3. The van der Waals surface area contributed by atoms with Gasteiger partial charge in [-0.1, -0.05) is 72.1 Å². The molecule has 2 aromatic carbocycles. The molecule has 4 heterocycles. The quantitative estimate of drug-likeness (QED) is 0.321. The number of aromatic nitrogens is 1. The molecule has 0 radical (unpaired) electrons. The Kier molecular flexibility index (Phi) is 7.47. The van der Waals surface area contributed by atoms with E-state index in [4.69, 9.17) is 28.2 Å². The summed E-state index contributed by atoms with van der Waals surface area (Å²) >= 11 is 13.6. The number of hydrogen-bond donors (Lipinski definition) is 0. The Morgan fingerprint density at radius 1 is 0.868 bits per heavy atom. The molecular formula is C32H34Cl2N4. The van der Waals surface area contributed by atoms with Crippen molar-refractivity contribution in [2.24, 2.45) is 0 Å². The van der Waals surface area contributed by atoms with Crippen LogP contribution >= 0.6 is 23.2 Å². The number of halogens is 2. The molecule has 3 saturated heterocycles. The maximum absolute atomic E-state index is 10.8. The fourth-order valence-corrected chi connectivity index (χ4v) is 7.76. The van der Waals surface area contributed by atoms with Crippen LogP contribution in [0.1, 0.15) is 73.4 Å². The van der Waals surface area contributed by atoms with E-state index in [0.29, 0.717) is 0 Å². The van der Waals surface area contributed by atoms with Crippen molar-refractivity contribution in [1.82, 2.24) is 14.8 Å². The van der Waals surface area contributed by atoms with Crippen molar-refractivity contribution in [2.45, 2.75) is 75.0 Å². The Balaban J connectivity index is 1.37. The Bertz CT molecular complexity index is 1270. The molecule has 0 spiro atoms. The lowest BCUT2D eigenvalue weighted by Crippen LogP contribution is -2.51. The molecule has 2 bridgehead atoms. The molecule has 3 fully saturated rings. The molecule has 3 aromatic rings. The third kappa shape index (κ3) is 4.75. The van der Waals surface area contributed by atoms with Crippen molar-refractivity contribution in [3.8, 4) is 6.07 Å². The minimum absolute atomic E-state index is 0.0526. The second-order valence-corrected chi connectivity index (χ2v) is 12.0. The maximum Gasteiger partial charge on any atom is 0.103 e. The number of pyridine rings is 1. The molecule has 0 aliphatic carbocycles. The summed E-state index contributed by atoms with van der Waals surface area (Å²) in [5.74, 6) is 0. The summed E-state index contributed by atoms with van der Waals surface area (Å²) in [6.45, 7) is 3.14. The van der Waals surface area contributed by atoms with Crippen LogP contribution in [0.5, 0.6) is 0 Å². The Morgan fingerprint density at radius 2 is 1.47 bits per heavy atom. The minimum atomic E-state index is -0.583. The average molecular weight is 546 g/mol. The van der Waals surface area contributed by atoms with Gasteiger partial charge in [0.2, 0.25) is 0 Å². The van der Waals surface area contributed by atoms with Crippen molar-refractivity contribution >= 4 is 23.2 Å². The first-order chi connectivity index (χ1) is 18.6. The second-order valence-electron chi connectivity index (χ2n) is 11.2. The van der Waals surface area contributed by atoms with Crippen LogP contribution < -0.4 is 0 Å². The molecular weight excluding hydrogens is 511 g/mol. The molecule has 1 aromatic heterocycles. The molecule has 0 saturated carbocycles. The molecule has 3 atom stereocenters. The third-order valence-electron chi connectivity index (χ3n) is 8.94. The van der Waals surface area contributed by atoms with Crippen LogP contribution in [0.15, 0.2) is 66.9 Å². The number of nitriles is 1. The monoisotopic (exact) mass is 544 g/mol. The van der Waals surface area contributed by atoms with Crippen LogP contribution in [0.25, 0.3) is 0 Å². The fourth-order valence-electron chi connectivity index (χ4n) is 7.28. The molecule has 0 amide bonds. The van der Waals surface area contributed by atoms with Gasteiger partial charge in [-0.2, -0.15) is 5.26 Å². The zero-order valence-corrected chi connectivity index (χ0v) is 23.2. The van der Waals surface area contributed by atoms with Gasteiger partial charge in [0.1, 0.15) is 5.41 Å². The maximum atomic E-state index is 10.8. The Labute approximate surface area is 236 Å². The first kappa shape index (κ1) is 25.8. The number of nitrogens with zero attached hydrogens (tertiary/aromatic N) is 4. The highest BCUT2D eigenvalue weighted by Crippen LogP contribution is 2.52. The smallest absolute Gasteiger partial charge is 0.103 e. The van der Waals surface area contributed by atoms with E-state index in [2.05, 4.69) is 46.2 Å². The summed E-state index contributed by atoms with van der Waals surface area (Å²) in [6.07, 6.45) is 9.37. The van der Waals surface area contributed by atoms with Gasteiger partial charge in [0.15, 0.2) is 0 Å². The van der Waals surface area contributed by atoms with E-state index in [1.54, 1.807) is 0 Å². The van der Waals surface area contributed by atoms with Gasteiger partial charge in [-0.3, -0.25) is 14.8 Å². The summed E-state index contributed by atoms with van der Waals surface area (Å²) < 4.78 is 0. The summed E-state index contributed by atoms with van der Waals surface area (Å²) in [4.78, 5) is 10.1. The van der Waals surface area contributed by atoms with Crippen LogP contribution in [-0.2, 0) is 12.0 Å². The number of piperidine rings is 2. The highest BCUT2D eigenvalue weighted by atomic mass is 35.5. The Morgan fingerprint density at radius 3 is 2.05 bits per heavy atom. The normalized spacial score (nSPS) is 25.9. The zero-order chi connectivity index (χ0) is 26.1. The molecule has 196 valence electrons. The lowest BCUT2D eigenvalue weighted by atomic mass is 9.71. The number of fused-ring (bicyclic) bond motifs is 2. The molecule has 3 aliphatic rings. The van der Waals surface area contributed by atoms with Gasteiger partial charge in [0.25, 0.3) is 0 Å². The average Bonchev–Trinajstić information content (AvgIpc) is 3.21. The number of hydrogen-bond acceptors (Lipinski definition) is 4. The van der Waals surface area contributed by atoms with E-state index in [1.165, 1.54) is 24.8 Å². The molecule has 38 heavy (non-hydrogen) atoms. The zero-order valence-electron chi connectivity index (χ0n) is 21.7. The van der Waals surface area contributed by atoms with Crippen LogP contribution in [0.4, 0.5) is 0 Å². The lowest BCUT2D eigenvalue weighted by molar-refractivity contribution is 0.0734. The van der Waals surface area contributed by atoms with Gasteiger partial charge in [-0.25, -0.2) is 0 Å². The molecule has 4 nitrogen and oxygen atoms in total. The van der Waals surface area contributed by atoms with Gasteiger partial charge >= 0.3 is 0 Å². The molecule has 6 rings (SSSR count). The first-order valence-corrected chi connectivity index (χ1v) is 14.7. The van der Waals surface area contributed by atoms with Crippen molar-refractivity contribution in [2.75, 3.05) is 13.1 Å². The SMILES string of the molecule is N#CC1(c2ncccc2CN2CCCCC2)C[C@H]2CC[C@@H](C1)N2C(c1ccccc1Cl)c1ccccc1Cl. The standard InChI is InChI=1S/C32H34Cl2N4/c33-28-12-4-2-10-26(28)30(27-11-3-5-13-29(27)34)38-24-14-15-25(38)20-32(19-24,22-35)31-23(9-8-16-36-31)21-37-17-6-1-7-18-37/h2-5,8-13,16,24-25,30H,1,6-7,14-15,17-21H2/t24-,25+,32?. The largest absolute Gasteiger partial charge is 0.299 e. The van der Waals surface area contributed by atoms with Crippen LogP contribution in [0, 0.1) is 11.3 Å². The van der Waals surface area contributed by atoms with E-state index in [-0.39, 0.29) is 18.1 Å². The van der Waals surface area contributed by atoms with Gasteiger partial charge in [-0.05, 0) is 86.5 Å². The van der Waals surface area contributed by atoms with E-state index in [0.717, 1.165) is 72.2 Å². The van der Waals surface area contributed by atoms with Crippen molar-refractivity contribution < 1.29 is 0 Å². The van der Waals surface area contributed by atoms with Crippen LogP contribution in [0.3, 0.4) is 0 Å². The van der Waals surface area contributed by atoms with Gasteiger partial charge in [0, 0.05) is 34.9 Å². The number of rotatable bonds is 6. The van der Waals surface area contributed by atoms with Crippen molar-refractivity contribution in [3.63, 3.8) is 0 Å². The van der Waals surface area contributed by atoms with E-state index in [1.807, 2.05) is 36.5 Å².